The van der Waals surface area contributed by atoms with Crippen molar-refractivity contribution >= 4 is 0 Å². The molecule has 2 unspecified atom stereocenters. The fourth-order valence-electron chi connectivity index (χ4n) is 6.01. The van der Waals surface area contributed by atoms with Crippen molar-refractivity contribution in [2.45, 2.75) is 102 Å². The molecule has 2 atom stereocenters. The lowest BCUT2D eigenvalue weighted by atomic mass is 9.65. The molecule has 0 aliphatic heterocycles. The van der Waals surface area contributed by atoms with Gasteiger partial charge >= 0.3 is 0 Å². The normalized spacial score (nSPS) is 47.5. The van der Waals surface area contributed by atoms with E-state index in [4.69, 9.17) is 0 Å². The molecule has 140 valence electrons. The van der Waals surface area contributed by atoms with Crippen LogP contribution in [0.25, 0.3) is 0 Å². The van der Waals surface area contributed by atoms with Gasteiger partial charge < -0.3 is 5.11 Å². The fraction of sp³-hybridized carbons (Fsp3) is 1.00. The first-order chi connectivity index (χ1) is 11.6. The molecule has 0 radical (unpaired) electrons. The number of alkyl halides is 2. The largest absolute Gasteiger partial charge is 0.387 e. The summed E-state index contributed by atoms with van der Waals surface area (Å²) in [7, 11) is 0. The smallest absolute Gasteiger partial charge is 0.129 e. The van der Waals surface area contributed by atoms with Crippen LogP contribution >= 0.6 is 0 Å². The molecule has 3 rings (SSSR count). The summed E-state index contributed by atoms with van der Waals surface area (Å²) in [6, 6.07) is 0. The van der Waals surface area contributed by atoms with Gasteiger partial charge in [0.15, 0.2) is 0 Å². The lowest BCUT2D eigenvalue weighted by Gasteiger charge is -2.42. The van der Waals surface area contributed by atoms with E-state index in [0.29, 0.717) is 18.8 Å². The first kappa shape index (κ1) is 18.6. The van der Waals surface area contributed by atoms with Crippen LogP contribution in [0.3, 0.4) is 0 Å². The van der Waals surface area contributed by atoms with Crippen molar-refractivity contribution < 1.29 is 13.9 Å². The second-order valence-corrected chi connectivity index (χ2v) is 9.00. The molecule has 0 aromatic heterocycles. The Hall–Kier alpha value is -0.180. The first-order valence-corrected chi connectivity index (χ1v) is 10.5. The van der Waals surface area contributed by atoms with Crippen LogP contribution in [0.4, 0.5) is 8.78 Å². The van der Waals surface area contributed by atoms with Gasteiger partial charge in [-0.2, -0.15) is 0 Å². The summed E-state index contributed by atoms with van der Waals surface area (Å²) in [5.41, 5.74) is 0. The second-order valence-electron chi connectivity index (χ2n) is 9.00. The van der Waals surface area contributed by atoms with Gasteiger partial charge in [-0.25, -0.2) is 8.78 Å². The molecule has 3 aliphatic rings. The zero-order valence-electron chi connectivity index (χ0n) is 15.3. The summed E-state index contributed by atoms with van der Waals surface area (Å²) in [6.07, 6.45) is 9.89. The highest BCUT2D eigenvalue weighted by molar-refractivity contribution is 4.91. The summed E-state index contributed by atoms with van der Waals surface area (Å²) < 4.78 is 27.6. The minimum atomic E-state index is -1.38. The highest BCUT2D eigenvalue weighted by atomic mass is 19.1. The van der Waals surface area contributed by atoms with Crippen LogP contribution < -0.4 is 0 Å². The maximum absolute atomic E-state index is 13.8. The third-order valence-electron chi connectivity index (χ3n) is 7.54. The monoisotopic (exact) mass is 342 g/mol. The van der Waals surface area contributed by atoms with Crippen LogP contribution in [-0.4, -0.2) is 23.6 Å². The van der Waals surface area contributed by atoms with Gasteiger partial charge in [-0.1, -0.05) is 32.6 Å². The predicted molar refractivity (Wildman–Crippen MR) is 94.3 cm³/mol. The number of aliphatic hydroxyl groups is 1. The third kappa shape index (κ3) is 4.31. The average molecular weight is 343 g/mol. The van der Waals surface area contributed by atoms with E-state index in [2.05, 4.69) is 6.92 Å². The molecule has 0 aromatic rings. The molecular weight excluding hydrogens is 306 g/mol. The molecule has 3 fully saturated rings. The number of aliphatic hydroxyl groups excluding tert-OH is 1. The standard InChI is InChI=1S/C21H36F2O/c1-2-3-14-4-6-15(7-5-14)16-8-10-17(11-9-16)18-12-19(22)21(24)20(23)13-18/h14-21,24H,2-13H2,1H3. The molecule has 1 N–H and O–H groups in total. The summed E-state index contributed by atoms with van der Waals surface area (Å²) >= 11 is 0. The topological polar surface area (TPSA) is 20.2 Å². The molecule has 0 heterocycles. The van der Waals surface area contributed by atoms with Crippen LogP contribution in [-0.2, 0) is 0 Å². The van der Waals surface area contributed by atoms with Crippen molar-refractivity contribution in [1.29, 1.82) is 0 Å². The molecule has 24 heavy (non-hydrogen) atoms. The second kappa shape index (κ2) is 8.47. The minimum absolute atomic E-state index is 0.152. The lowest BCUT2D eigenvalue weighted by molar-refractivity contribution is -0.0504. The minimum Gasteiger partial charge on any atom is -0.387 e. The van der Waals surface area contributed by atoms with Crippen molar-refractivity contribution in [1.82, 2.24) is 0 Å². The van der Waals surface area contributed by atoms with E-state index in [1.165, 1.54) is 51.4 Å². The van der Waals surface area contributed by atoms with Crippen molar-refractivity contribution in [3.63, 3.8) is 0 Å². The van der Waals surface area contributed by atoms with Gasteiger partial charge in [0.05, 0.1) is 0 Å². The molecule has 0 saturated heterocycles. The molecule has 0 aromatic carbocycles. The molecule has 0 bridgehead atoms. The Kier molecular flexibility index (Phi) is 6.56. The van der Waals surface area contributed by atoms with E-state index in [-0.39, 0.29) is 5.92 Å². The van der Waals surface area contributed by atoms with E-state index in [1.807, 2.05) is 0 Å². The number of hydrogen-bond donors (Lipinski definition) is 1. The Morgan fingerprint density at radius 2 is 1.12 bits per heavy atom. The van der Waals surface area contributed by atoms with Crippen LogP contribution in [0.15, 0.2) is 0 Å². The SMILES string of the molecule is CCCC1CCC(C2CCC(C3CC(F)C(O)C(F)C3)CC2)CC1. The van der Waals surface area contributed by atoms with Gasteiger partial charge in [0.1, 0.15) is 18.4 Å². The van der Waals surface area contributed by atoms with Crippen molar-refractivity contribution in [2.24, 2.45) is 29.6 Å². The molecule has 0 amide bonds. The van der Waals surface area contributed by atoms with Gasteiger partial charge in [-0.05, 0) is 81.0 Å². The van der Waals surface area contributed by atoms with Gasteiger partial charge in [0.25, 0.3) is 0 Å². The quantitative estimate of drug-likeness (QED) is 0.680. The van der Waals surface area contributed by atoms with Crippen LogP contribution in [0.2, 0.25) is 0 Å². The number of halogens is 2. The van der Waals surface area contributed by atoms with Gasteiger partial charge in [-0.3, -0.25) is 0 Å². The summed E-state index contributed by atoms with van der Waals surface area (Å²) in [4.78, 5) is 0. The van der Waals surface area contributed by atoms with E-state index in [1.54, 1.807) is 0 Å². The maximum atomic E-state index is 13.8. The van der Waals surface area contributed by atoms with Gasteiger partial charge in [0.2, 0.25) is 0 Å². The Morgan fingerprint density at radius 3 is 1.58 bits per heavy atom. The van der Waals surface area contributed by atoms with E-state index in [9.17, 15) is 13.9 Å². The zero-order valence-corrected chi connectivity index (χ0v) is 15.3. The number of rotatable bonds is 4. The summed E-state index contributed by atoms with van der Waals surface area (Å²) in [5.74, 6) is 3.39. The Labute approximate surface area is 146 Å². The first-order valence-electron chi connectivity index (χ1n) is 10.5. The third-order valence-corrected chi connectivity index (χ3v) is 7.54. The van der Waals surface area contributed by atoms with E-state index < -0.39 is 18.4 Å². The molecule has 3 saturated carbocycles. The molecule has 1 nitrogen and oxygen atoms in total. The summed E-state index contributed by atoms with van der Waals surface area (Å²) in [6.45, 7) is 2.29. The predicted octanol–water partition coefficient (Wildman–Crippen LogP) is 5.85. The molecule has 3 aliphatic carbocycles. The van der Waals surface area contributed by atoms with Crippen LogP contribution in [0.1, 0.15) is 84.0 Å². The summed E-state index contributed by atoms with van der Waals surface area (Å²) in [5, 5.41) is 9.48. The number of hydrogen-bond acceptors (Lipinski definition) is 1. The maximum Gasteiger partial charge on any atom is 0.129 e. The Morgan fingerprint density at radius 1 is 0.708 bits per heavy atom. The fourth-order valence-corrected chi connectivity index (χ4v) is 6.01. The Balaban J connectivity index is 1.43. The van der Waals surface area contributed by atoms with Crippen molar-refractivity contribution in [2.75, 3.05) is 0 Å². The lowest BCUT2D eigenvalue weighted by Crippen LogP contribution is -2.42. The molecular formula is C21H36F2O. The highest BCUT2D eigenvalue weighted by Crippen LogP contribution is 2.46. The highest BCUT2D eigenvalue weighted by Gasteiger charge is 2.41. The van der Waals surface area contributed by atoms with Crippen LogP contribution in [0.5, 0.6) is 0 Å². The zero-order chi connectivity index (χ0) is 17.1. The molecule has 0 spiro atoms. The van der Waals surface area contributed by atoms with E-state index in [0.717, 1.165) is 30.6 Å². The van der Waals surface area contributed by atoms with Crippen molar-refractivity contribution in [3.05, 3.63) is 0 Å². The van der Waals surface area contributed by atoms with Gasteiger partial charge in [-0.15, -0.1) is 0 Å². The molecule has 3 heteroatoms. The average Bonchev–Trinajstić information content (AvgIpc) is 2.60. The van der Waals surface area contributed by atoms with Crippen LogP contribution in [0, 0.1) is 29.6 Å². The van der Waals surface area contributed by atoms with E-state index >= 15 is 0 Å². The Bertz CT molecular complexity index is 360. The van der Waals surface area contributed by atoms with Crippen molar-refractivity contribution in [3.8, 4) is 0 Å². The van der Waals surface area contributed by atoms with Gasteiger partial charge in [0, 0.05) is 0 Å².